The van der Waals surface area contributed by atoms with E-state index >= 15 is 0 Å². The van der Waals surface area contributed by atoms with Crippen LogP contribution >= 0.6 is 0 Å². The Morgan fingerprint density at radius 2 is 2.35 bits per heavy atom. The van der Waals surface area contributed by atoms with Crippen molar-refractivity contribution >= 4 is 0 Å². The molecule has 0 radical (unpaired) electrons. The number of nitrogens with two attached hydrogens (primary N) is 1. The van der Waals surface area contributed by atoms with E-state index in [9.17, 15) is 0 Å². The lowest BCUT2D eigenvalue weighted by Gasteiger charge is -2.20. The first kappa shape index (κ1) is 14.2. The van der Waals surface area contributed by atoms with Gasteiger partial charge in [-0.3, -0.25) is 4.90 Å². The van der Waals surface area contributed by atoms with Crippen molar-refractivity contribution in [3.05, 3.63) is 18.2 Å². The van der Waals surface area contributed by atoms with Crippen molar-refractivity contribution in [1.29, 1.82) is 0 Å². The molecular formula is C12H24N4O. The van der Waals surface area contributed by atoms with Gasteiger partial charge >= 0.3 is 0 Å². The molecule has 0 aromatic carbocycles. The van der Waals surface area contributed by atoms with E-state index in [4.69, 9.17) is 10.5 Å². The summed E-state index contributed by atoms with van der Waals surface area (Å²) in [6, 6.07) is 0.204. The van der Waals surface area contributed by atoms with Crippen LogP contribution in [0.5, 0.6) is 0 Å². The first-order valence-electron chi connectivity index (χ1n) is 6.02. The summed E-state index contributed by atoms with van der Waals surface area (Å²) in [5.41, 5.74) is 6.06. The SMILES string of the molecule is COCCCC(N)CN(C)Cc1nccn1C. The smallest absolute Gasteiger partial charge is 0.122 e. The van der Waals surface area contributed by atoms with E-state index in [0.717, 1.165) is 38.4 Å². The minimum Gasteiger partial charge on any atom is -0.385 e. The van der Waals surface area contributed by atoms with Gasteiger partial charge in [0.05, 0.1) is 6.54 Å². The molecule has 1 heterocycles. The third kappa shape index (κ3) is 5.30. The molecule has 1 unspecified atom stereocenters. The van der Waals surface area contributed by atoms with Gasteiger partial charge in [-0.05, 0) is 19.9 Å². The minimum atomic E-state index is 0.204. The lowest BCUT2D eigenvalue weighted by Crippen LogP contribution is -2.35. The summed E-state index contributed by atoms with van der Waals surface area (Å²) in [6.07, 6.45) is 5.80. The quantitative estimate of drug-likeness (QED) is 0.676. The summed E-state index contributed by atoms with van der Waals surface area (Å²) in [5.74, 6) is 1.07. The summed E-state index contributed by atoms with van der Waals surface area (Å²) < 4.78 is 7.05. The van der Waals surface area contributed by atoms with Crippen LogP contribution in [0.2, 0.25) is 0 Å². The number of rotatable bonds is 8. The second-order valence-corrected chi connectivity index (χ2v) is 4.55. The highest BCUT2D eigenvalue weighted by Gasteiger charge is 2.09. The highest BCUT2D eigenvalue weighted by molar-refractivity contribution is 4.90. The number of hydrogen-bond acceptors (Lipinski definition) is 4. The van der Waals surface area contributed by atoms with E-state index in [0.29, 0.717) is 0 Å². The number of aryl methyl sites for hydroxylation is 1. The minimum absolute atomic E-state index is 0.204. The fraction of sp³-hybridized carbons (Fsp3) is 0.750. The first-order valence-corrected chi connectivity index (χ1v) is 6.02. The lowest BCUT2D eigenvalue weighted by molar-refractivity contribution is 0.186. The Morgan fingerprint density at radius 1 is 1.59 bits per heavy atom. The maximum absolute atomic E-state index is 6.06. The number of likely N-dealkylation sites (N-methyl/N-ethyl adjacent to an activating group) is 1. The Labute approximate surface area is 104 Å². The van der Waals surface area contributed by atoms with Crippen molar-refractivity contribution < 1.29 is 4.74 Å². The van der Waals surface area contributed by atoms with E-state index in [1.807, 2.05) is 24.0 Å². The molecule has 0 aliphatic carbocycles. The fourth-order valence-electron chi connectivity index (χ4n) is 1.84. The van der Waals surface area contributed by atoms with Gasteiger partial charge in [0.2, 0.25) is 0 Å². The van der Waals surface area contributed by atoms with Gasteiger partial charge in [-0.2, -0.15) is 0 Å². The van der Waals surface area contributed by atoms with Crippen LogP contribution in [-0.2, 0) is 18.3 Å². The molecule has 1 rings (SSSR count). The van der Waals surface area contributed by atoms with Crippen molar-refractivity contribution in [1.82, 2.24) is 14.5 Å². The van der Waals surface area contributed by atoms with Gasteiger partial charge in [0.25, 0.3) is 0 Å². The van der Waals surface area contributed by atoms with E-state index < -0.39 is 0 Å². The molecule has 0 bridgehead atoms. The molecule has 0 aliphatic rings. The number of aromatic nitrogens is 2. The summed E-state index contributed by atoms with van der Waals surface area (Å²) in [5, 5.41) is 0. The summed E-state index contributed by atoms with van der Waals surface area (Å²) in [6.45, 7) is 2.51. The molecule has 5 heteroatoms. The van der Waals surface area contributed by atoms with E-state index in [1.165, 1.54) is 0 Å². The zero-order valence-corrected chi connectivity index (χ0v) is 11.1. The van der Waals surface area contributed by atoms with Gasteiger partial charge in [0.1, 0.15) is 5.82 Å². The van der Waals surface area contributed by atoms with Crippen LogP contribution in [0.25, 0.3) is 0 Å². The number of imidazole rings is 1. The van der Waals surface area contributed by atoms with Crippen LogP contribution in [-0.4, -0.2) is 47.8 Å². The van der Waals surface area contributed by atoms with E-state index in [1.54, 1.807) is 7.11 Å². The Balaban J connectivity index is 2.24. The Bertz CT molecular complexity index is 313. The molecule has 0 spiro atoms. The summed E-state index contributed by atoms with van der Waals surface area (Å²) >= 11 is 0. The van der Waals surface area contributed by atoms with Crippen molar-refractivity contribution in [2.75, 3.05) is 27.3 Å². The highest BCUT2D eigenvalue weighted by atomic mass is 16.5. The lowest BCUT2D eigenvalue weighted by atomic mass is 10.1. The molecular weight excluding hydrogens is 216 g/mol. The summed E-state index contributed by atoms with van der Waals surface area (Å²) in [4.78, 5) is 6.51. The topological polar surface area (TPSA) is 56.3 Å². The molecule has 17 heavy (non-hydrogen) atoms. The Hall–Kier alpha value is -0.910. The van der Waals surface area contributed by atoms with E-state index in [2.05, 4.69) is 16.9 Å². The van der Waals surface area contributed by atoms with Crippen molar-refractivity contribution in [2.24, 2.45) is 12.8 Å². The second kappa shape index (κ2) is 7.42. The molecule has 1 aromatic heterocycles. The van der Waals surface area contributed by atoms with Crippen molar-refractivity contribution in [3.8, 4) is 0 Å². The Kier molecular flexibility index (Phi) is 6.18. The zero-order valence-electron chi connectivity index (χ0n) is 11.1. The molecule has 1 aromatic rings. The molecule has 98 valence electrons. The summed E-state index contributed by atoms with van der Waals surface area (Å²) in [7, 11) is 5.80. The predicted molar refractivity (Wildman–Crippen MR) is 68.6 cm³/mol. The number of ether oxygens (including phenoxy) is 1. The fourth-order valence-corrected chi connectivity index (χ4v) is 1.84. The van der Waals surface area contributed by atoms with Crippen molar-refractivity contribution in [2.45, 2.75) is 25.4 Å². The normalized spacial score (nSPS) is 13.2. The standard InChI is InChI=1S/C12H24N4O/c1-15(9-11(13)5-4-8-17-3)10-12-14-6-7-16(12)2/h6-7,11H,4-5,8-10,13H2,1-3H3. The number of nitrogens with zero attached hydrogens (tertiary/aromatic N) is 3. The molecule has 0 saturated carbocycles. The van der Waals surface area contributed by atoms with Gasteiger partial charge in [0, 0.05) is 45.7 Å². The molecule has 0 saturated heterocycles. The van der Waals surface area contributed by atoms with E-state index in [-0.39, 0.29) is 6.04 Å². The third-order valence-electron chi connectivity index (χ3n) is 2.80. The maximum atomic E-state index is 6.06. The largest absolute Gasteiger partial charge is 0.385 e. The average Bonchev–Trinajstić information content (AvgIpc) is 2.64. The van der Waals surface area contributed by atoms with Crippen LogP contribution in [0.3, 0.4) is 0 Å². The Morgan fingerprint density at radius 3 is 2.94 bits per heavy atom. The highest BCUT2D eigenvalue weighted by Crippen LogP contribution is 2.02. The molecule has 0 fully saturated rings. The first-order chi connectivity index (χ1) is 8.13. The molecule has 0 aliphatic heterocycles. The van der Waals surface area contributed by atoms with Gasteiger partial charge in [-0.25, -0.2) is 4.98 Å². The third-order valence-corrected chi connectivity index (χ3v) is 2.80. The molecule has 2 N–H and O–H groups in total. The predicted octanol–water partition coefficient (Wildman–Crippen LogP) is 0.606. The van der Waals surface area contributed by atoms with Gasteiger partial charge in [-0.1, -0.05) is 0 Å². The molecule has 0 amide bonds. The van der Waals surface area contributed by atoms with Crippen LogP contribution in [0, 0.1) is 0 Å². The van der Waals surface area contributed by atoms with Crippen LogP contribution in [0.1, 0.15) is 18.7 Å². The number of methoxy groups -OCH3 is 1. The second-order valence-electron chi connectivity index (χ2n) is 4.55. The monoisotopic (exact) mass is 240 g/mol. The molecule has 1 atom stereocenters. The van der Waals surface area contributed by atoms with Gasteiger partial charge < -0.3 is 15.0 Å². The van der Waals surface area contributed by atoms with Crippen LogP contribution in [0.4, 0.5) is 0 Å². The number of hydrogen-bond donors (Lipinski definition) is 1. The van der Waals surface area contributed by atoms with Crippen molar-refractivity contribution in [3.63, 3.8) is 0 Å². The van der Waals surface area contributed by atoms with Gasteiger partial charge in [-0.15, -0.1) is 0 Å². The molecule has 5 nitrogen and oxygen atoms in total. The van der Waals surface area contributed by atoms with Gasteiger partial charge in [0.15, 0.2) is 0 Å². The zero-order chi connectivity index (χ0) is 12.7. The maximum Gasteiger partial charge on any atom is 0.122 e. The van der Waals surface area contributed by atoms with Crippen LogP contribution in [0.15, 0.2) is 12.4 Å². The average molecular weight is 240 g/mol. The van der Waals surface area contributed by atoms with Crippen LogP contribution < -0.4 is 5.73 Å².